The van der Waals surface area contributed by atoms with E-state index in [4.69, 9.17) is 9.47 Å². The smallest absolute Gasteiger partial charge is 0.227 e. The Hall–Kier alpha value is -3.11. The number of fused-ring (bicyclic) bond motifs is 1. The van der Waals surface area contributed by atoms with E-state index in [9.17, 15) is 18.0 Å². The zero-order valence-corrected chi connectivity index (χ0v) is 20.1. The fourth-order valence-corrected chi connectivity index (χ4v) is 5.74. The molecule has 0 aliphatic carbocycles. The Bertz CT molecular complexity index is 1170. The lowest BCUT2D eigenvalue weighted by Crippen LogP contribution is -2.41. The number of hydrogen-bond donors (Lipinski definition) is 1. The molecule has 0 bridgehead atoms. The molecule has 0 saturated carbocycles. The van der Waals surface area contributed by atoms with Gasteiger partial charge in [0, 0.05) is 38.3 Å². The third-order valence-electron chi connectivity index (χ3n) is 6.30. The number of ether oxygens (including phenoxy) is 2. The molecule has 1 N–H and O–H groups in total. The summed E-state index contributed by atoms with van der Waals surface area (Å²) in [5.41, 5.74) is 2.67. The van der Waals surface area contributed by atoms with Gasteiger partial charge in [-0.05, 0) is 41.8 Å². The van der Waals surface area contributed by atoms with Gasteiger partial charge in [0.15, 0.2) is 11.5 Å². The molecular weight excluding hydrogens is 458 g/mol. The summed E-state index contributed by atoms with van der Waals surface area (Å²) in [7, 11) is -0.465. The molecular formula is C24H29N3O6S. The van der Waals surface area contributed by atoms with E-state index in [2.05, 4.69) is 5.32 Å². The Labute approximate surface area is 199 Å². The number of benzene rings is 2. The van der Waals surface area contributed by atoms with Gasteiger partial charge in [-0.1, -0.05) is 18.2 Å². The van der Waals surface area contributed by atoms with Gasteiger partial charge in [-0.25, -0.2) is 8.42 Å². The lowest BCUT2D eigenvalue weighted by atomic mass is 10.0. The first-order chi connectivity index (χ1) is 16.3. The SMILES string of the molecule is COc1cc2c(cc1OC)CN(S(=O)(=O)CCNC(=O)C1CC(=O)N(c3ccccc3)C1)CC2. The molecule has 4 rings (SSSR count). The molecule has 0 spiro atoms. The number of sulfonamides is 1. The van der Waals surface area contributed by atoms with E-state index in [1.54, 1.807) is 19.1 Å². The van der Waals surface area contributed by atoms with Gasteiger partial charge in [-0.15, -0.1) is 0 Å². The van der Waals surface area contributed by atoms with Crippen molar-refractivity contribution in [3.05, 3.63) is 53.6 Å². The van der Waals surface area contributed by atoms with Crippen molar-refractivity contribution in [2.75, 3.05) is 44.5 Å². The second-order valence-corrected chi connectivity index (χ2v) is 10.5. The van der Waals surface area contributed by atoms with Gasteiger partial charge in [0.05, 0.1) is 25.9 Å². The van der Waals surface area contributed by atoms with E-state index in [-0.39, 0.29) is 43.6 Å². The predicted molar refractivity (Wildman–Crippen MR) is 127 cm³/mol. The molecule has 1 saturated heterocycles. The maximum Gasteiger partial charge on any atom is 0.227 e. The Morgan fingerprint density at radius 3 is 2.44 bits per heavy atom. The molecule has 10 heteroatoms. The monoisotopic (exact) mass is 487 g/mol. The van der Waals surface area contributed by atoms with Crippen LogP contribution in [0.2, 0.25) is 0 Å². The average molecular weight is 488 g/mol. The number of amides is 2. The Morgan fingerprint density at radius 1 is 1.09 bits per heavy atom. The average Bonchev–Trinajstić information content (AvgIpc) is 3.24. The first-order valence-electron chi connectivity index (χ1n) is 11.2. The molecule has 182 valence electrons. The van der Waals surface area contributed by atoms with Crippen LogP contribution in [0.3, 0.4) is 0 Å². The topological polar surface area (TPSA) is 105 Å². The van der Waals surface area contributed by atoms with E-state index < -0.39 is 15.9 Å². The van der Waals surface area contributed by atoms with Crippen LogP contribution < -0.4 is 19.7 Å². The van der Waals surface area contributed by atoms with Crippen molar-refractivity contribution in [2.24, 2.45) is 5.92 Å². The molecule has 1 fully saturated rings. The summed E-state index contributed by atoms with van der Waals surface area (Å²) in [5.74, 6) is 0.0604. The van der Waals surface area contributed by atoms with Crippen LogP contribution in [0, 0.1) is 5.92 Å². The molecule has 2 aliphatic heterocycles. The summed E-state index contributed by atoms with van der Waals surface area (Å²) in [4.78, 5) is 26.5. The second kappa shape index (κ2) is 10.0. The zero-order chi connectivity index (χ0) is 24.3. The van der Waals surface area contributed by atoms with E-state index in [1.165, 1.54) is 4.31 Å². The molecule has 1 atom stereocenters. The number of rotatable bonds is 8. The molecule has 0 aromatic heterocycles. The minimum absolute atomic E-state index is 0.00746. The molecule has 2 aromatic rings. The van der Waals surface area contributed by atoms with Crippen molar-refractivity contribution in [1.29, 1.82) is 0 Å². The van der Waals surface area contributed by atoms with Crippen molar-refractivity contribution in [2.45, 2.75) is 19.4 Å². The predicted octanol–water partition coefficient (Wildman–Crippen LogP) is 1.56. The molecule has 0 radical (unpaired) electrons. The number of nitrogens with zero attached hydrogens (tertiary/aromatic N) is 2. The molecule has 1 unspecified atom stereocenters. The number of anilines is 1. The number of para-hydroxylation sites is 1. The molecule has 2 amide bonds. The second-order valence-electron chi connectivity index (χ2n) is 8.41. The van der Waals surface area contributed by atoms with E-state index in [0.29, 0.717) is 24.5 Å². The van der Waals surface area contributed by atoms with Gasteiger partial charge in [0.2, 0.25) is 21.8 Å². The maximum absolute atomic E-state index is 12.9. The highest BCUT2D eigenvalue weighted by Crippen LogP contribution is 2.33. The van der Waals surface area contributed by atoms with Crippen LogP contribution in [-0.2, 0) is 32.6 Å². The summed E-state index contributed by atoms with van der Waals surface area (Å²) < 4.78 is 37.9. The molecule has 2 heterocycles. The van der Waals surface area contributed by atoms with Crippen molar-refractivity contribution in [3.8, 4) is 11.5 Å². The minimum Gasteiger partial charge on any atom is -0.493 e. The van der Waals surface area contributed by atoms with Gasteiger partial charge in [0.1, 0.15) is 0 Å². The van der Waals surface area contributed by atoms with Crippen LogP contribution >= 0.6 is 0 Å². The lowest BCUT2D eigenvalue weighted by molar-refractivity contribution is -0.126. The Kier molecular flexibility index (Phi) is 7.08. The summed E-state index contributed by atoms with van der Waals surface area (Å²) in [5, 5.41) is 2.70. The van der Waals surface area contributed by atoms with Gasteiger partial charge in [-0.2, -0.15) is 4.31 Å². The Balaban J connectivity index is 1.32. The molecule has 34 heavy (non-hydrogen) atoms. The highest BCUT2D eigenvalue weighted by atomic mass is 32.2. The zero-order valence-electron chi connectivity index (χ0n) is 19.3. The van der Waals surface area contributed by atoms with E-state index >= 15 is 0 Å². The van der Waals surface area contributed by atoms with Crippen molar-refractivity contribution in [3.63, 3.8) is 0 Å². The van der Waals surface area contributed by atoms with Gasteiger partial charge in [-0.3, -0.25) is 9.59 Å². The van der Waals surface area contributed by atoms with Crippen LogP contribution in [0.1, 0.15) is 17.5 Å². The number of carbonyl (C=O) groups is 2. The van der Waals surface area contributed by atoms with Crippen molar-refractivity contribution in [1.82, 2.24) is 9.62 Å². The number of nitrogens with one attached hydrogen (secondary N) is 1. The van der Waals surface area contributed by atoms with Gasteiger partial charge >= 0.3 is 0 Å². The van der Waals surface area contributed by atoms with Crippen LogP contribution in [-0.4, -0.2) is 64.1 Å². The van der Waals surface area contributed by atoms with Crippen LogP contribution in [0.4, 0.5) is 5.69 Å². The maximum atomic E-state index is 12.9. The third-order valence-corrected chi connectivity index (χ3v) is 8.12. The standard InChI is InChI=1S/C24H29N3O6S/c1-32-21-12-17-8-10-26(15-18(17)13-22(21)33-2)34(30,31)11-9-25-24(29)19-14-23(28)27(16-19)20-6-4-3-5-7-20/h3-7,12-13,19H,8-11,14-16H2,1-2H3,(H,25,29). The Morgan fingerprint density at radius 2 is 1.76 bits per heavy atom. The van der Waals surface area contributed by atoms with E-state index in [0.717, 1.165) is 16.8 Å². The first-order valence-corrected chi connectivity index (χ1v) is 12.8. The molecule has 9 nitrogen and oxygen atoms in total. The van der Waals surface area contributed by atoms with Crippen LogP contribution in [0.15, 0.2) is 42.5 Å². The summed E-state index contributed by atoms with van der Waals surface area (Å²) >= 11 is 0. The molecule has 2 aromatic carbocycles. The number of methoxy groups -OCH3 is 2. The first kappa shape index (κ1) is 24.0. The lowest BCUT2D eigenvalue weighted by Gasteiger charge is -2.29. The van der Waals surface area contributed by atoms with Crippen molar-refractivity contribution >= 4 is 27.5 Å². The van der Waals surface area contributed by atoms with Crippen molar-refractivity contribution < 1.29 is 27.5 Å². The largest absolute Gasteiger partial charge is 0.493 e. The summed E-state index contributed by atoms with van der Waals surface area (Å²) in [6, 6.07) is 12.9. The third kappa shape index (κ3) is 5.02. The van der Waals surface area contributed by atoms with Gasteiger partial charge < -0.3 is 19.7 Å². The fraction of sp³-hybridized carbons (Fsp3) is 0.417. The summed E-state index contributed by atoms with van der Waals surface area (Å²) in [6.07, 6.45) is 0.683. The van der Waals surface area contributed by atoms with Crippen LogP contribution in [0.5, 0.6) is 11.5 Å². The molecule has 2 aliphatic rings. The normalized spacial score (nSPS) is 18.5. The minimum atomic E-state index is -3.58. The highest BCUT2D eigenvalue weighted by Gasteiger charge is 2.35. The van der Waals surface area contributed by atoms with Gasteiger partial charge in [0.25, 0.3) is 0 Å². The van der Waals surface area contributed by atoms with E-state index in [1.807, 2.05) is 42.5 Å². The quantitative estimate of drug-likeness (QED) is 0.606. The summed E-state index contributed by atoms with van der Waals surface area (Å²) in [6.45, 7) is 0.888. The highest BCUT2D eigenvalue weighted by molar-refractivity contribution is 7.89. The fourth-order valence-electron chi connectivity index (χ4n) is 4.41. The number of carbonyl (C=O) groups excluding carboxylic acids is 2. The van der Waals surface area contributed by atoms with Crippen LogP contribution in [0.25, 0.3) is 0 Å². The number of hydrogen-bond acceptors (Lipinski definition) is 6.